The average molecular weight is 359 g/mol. The minimum atomic E-state index is -0.0685. The van der Waals surface area contributed by atoms with E-state index in [0.717, 1.165) is 32.5 Å². The molecule has 0 radical (unpaired) electrons. The van der Waals surface area contributed by atoms with Crippen LogP contribution >= 0.6 is 11.8 Å². The van der Waals surface area contributed by atoms with E-state index >= 15 is 0 Å². The van der Waals surface area contributed by atoms with Gasteiger partial charge < -0.3 is 4.74 Å². The van der Waals surface area contributed by atoms with Gasteiger partial charge in [-0.2, -0.15) is 0 Å². The van der Waals surface area contributed by atoms with Gasteiger partial charge in [0, 0.05) is 15.9 Å². The number of amides is 1. The van der Waals surface area contributed by atoms with Gasteiger partial charge in [0.25, 0.3) is 5.91 Å². The number of anilines is 2. The quantitative estimate of drug-likeness (QED) is 0.575. The first kappa shape index (κ1) is 16.5. The Bertz CT molecular complexity index is 934. The van der Waals surface area contributed by atoms with Gasteiger partial charge in [0.1, 0.15) is 5.75 Å². The van der Waals surface area contributed by atoms with Crippen molar-refractivity contribution in [3.63, 3.8) is 0 Å². The summed E-state index contributed by atoms with van der Waals surface area (Å²) >= 11 is 1.69. The van der Waals surface area contributed by atoms with Gasteiger partial charge in [0.2, 0.25) is 0 Å². The fourth-order valence-corrected chi connectivity index (χ4v) is 3.96. The second-order valence-corrected chi connectivity index (χ2v) is 6.90. The van der Waals surface area contributed by atoms with Crippen molar-refractivity contribution in [3.05, 3.63) is 84.4 Å². The molecule has 0 aliphatic carbocycles. The van der Waals surface area contributed by atoms with E-state index in [1.807, 2.05) is 78.9 Å². The number of ether oxygens (including phenoxy) is 1. The van der Waals surface area contributed by atoms with Crippen molar-refractivity contribution < 1.29 is 9.53 Å². The Hall–Kier alpha value is -2.98. The molecule has 0 fully saturated rings. The molecule has 0 unspecified atom stereocenters. The Morgan fingerprint density at radius 1 is 0.885 bits per heavy atom. The predicted octanol–water partition coefficient (Wildman–Crippen LogP) is 5.54. The van der Waals surface area contributed by atoms with Gasteiger partial charge in [-0.25, -0.2) is 0 Å². The van der Waals surface area contributed by atoms with Gasteiger partial charge in [0.05, 0.1) is 18.5 Å². The summed E-state index contributed by atoms with van der Waals surface area (Å²) in [5, 5.41) is 0. The third-order valence-corrected chi connectivity index (χ3v) is 5.32. The number of hydrogen-bond donors (Lipinski definition) is 0. The fraction of sp³-hybridized carbons (Fsp3) is 0.0455. The maximum atomic E-state index is 13.0. The molecule has 4 heteroatoms. The van der Waals surface area contributed by atoms with Crippen LogP contribution in [0.1, 0.15) is 5.56 Å². The highest BCUT2D eigenvalue weighted by Gasteiger charge is 2.26. The van der Waals surface area contributed by atoms with Crippen molar-refractivity contribution in [2.24, 2.45) is 0 Å². The summed E-state index contributed by atoms with van der Waals surface area (Å²) in [6.07, 6.45) is 3.44. The predicted molar refractivity (Wildman–Crippen MR) is 106 cm³/mol. The highest BCUT2D eigenvalue weighted by molar-refractivity contribution is 7.99. The molecule has 0 saturated carbocycles. The second-order valence-electron chi connectivity index (χ2n) is 5.82. The second kappa shape index (κ2) is 7.10. The number of nitrogens with zero attached hydrogens (tertiary/aromatic N) is 1. The number of carbonyl (C=O) groups excluding carboxylic acids is 1. The number of benzene rings is 3. The summed E-state index contributed by atoms with van der Waals surface area (Å²) in [5.41, 5.74) is 2.79. The van der Waals surface area contributed by atoms with Crippen molar-refractivity contribution in [2.75, 3.05) is 12.0 Å². The summed E-state index contributed by atoms with van der Waals surface area (Å²) in [6, 6.07) is 23.6. The summed E-state index contributed by atoms with van der Waals surface area (Å²) in [6.45, 7) is 0. The molecule has 1 aliphatic heterocycles. The zero-order chi connectivity index (χ0) is 17.9. The van der Waals surface area contributed by atoms with Crippen LogP contribution in [-0.2, 0) is 4.79 Å². The van der Waals surface area contributed by atoms with E-state index in [-0.39, 0.29) is 5.91 Å². The van der Waals surface area contributed by atoms with E-state index in [4.69, 9.17) is 4.74 Å². The van der Waals surface area contributed by atoms with Crippen LogP contribution < -0.4 is 9.64 Å². The van der Waals surface area contributed by atoms with E-state index in [1.54, 1.807) is 29.8 Å². The lowest BCUT2D eigenvalue weighted by Gasteiger charge is -2.30. The third-order valence-electron chi connectivity index (χ3n) is 4.19. The molecule has 0 bridgehead atoms. The number of para-hydroxylation sites is 2. The van der Waals surface area contributed by atoms with E-state index in [2.05, 4.69) is 0 Å². The molecule has 4 rings (SSSR count). The van der Waals surface area contributed by atoms with Crippen molar-refractivity contribution in [2.45, 2.75) is 9.79 Å². The highest BCUT2D eigenvalue weighted by Crippen LogP contribution is 2.47. The van der Waals surface area contributed by atoms with Crippen molar-refractivity contribution in [1.29, 1.82) is 0 Å². The molecule has 0 spiro atoms. The number of rotatable bonds is 3. The van der Waals surface area contributed by atoms with E-state index < -0.39 is 0 Å². The maximum absolute atomic E-state index is 13.0. The van der Waals surface area contributed by atoms with Gasteiger partial charge in [-0.1, -0.05) is 48.2 Å². The van der Waals surface area contributed by atoms with Crippen LogP contribution in [0.15, 0.2) is 88.7 Å². The molecule has 1 aliphatic rings. The van der Waals surface area contributed by atoms with Crippen molar-refractivity contribution in [1.82, 2.24) is 0 Å². The van der Waals surface area contributed by atoms with Crippen LogP contribution in [0, 0.1) is 0 Å². The van der Waals surface area contributed by atoms with E-state index in [9.17, 15) is 4.79 Å². The van der Waals surface area contributed by atoms with Crippen LogP contribution in [0.4, 0.5) is 11.4 Å². The van der Waals surface area contributed by atoms with Gasteiger partial charge in [0.15, 0.2) is 0 Å². The zero-order valence-corrected chi connectivity index (χ0v) is 15.1. The molecule has 3 aromatic rings. The van der Waals surface area contributed by atoms with E-state index in [1.165, 1.54) is 0 Å². The molecule has 0 N–H and O–H groups in total. The van der Waals surface area contributed by atoms with Crippen LogP contribution in [0.3, 0.4) is 0 Å². The van der Waals surface area contributed by atoms with Crippen molar-refractivity contribution >= 4 is 35.1 Å². The Morgan fingerprint density at radius 2 is 1.46 bits per heavy atom. The molecular formula is C22H17NO2S. The molecule has 3 nitrogen and oxygen atoms in total. The third kappa shape index (κ3) is 3.11. The topological polar surface area (TPSA) is 29.5 Å². The van der Waals surface area contributed by atoms with Crippen LogP contribution in [-0.4, -0.2) is 13.0 Å². The molecule has 0 atom stereocenters. The first-order valence-electron chi connectivity index (χ1n) is 8.28. The molecule has 128 valence electrons. The van der Waals surface area contributed by atoms with Crippen LogP contribution in [0.2, 0.25) is 0 Å². The summed E-state index contributed by atoms with van der Waals surface area (Å²) in [4.78, 5) is 17.0. The molecule has 1 amide bonds. The lowest BCUT2D eigenvalue weighted by Crippen LogP contribution is -2.26. The molecule has 0 saturated heterocycles. The van der Waals surface area contributed by atoms with Crippen LogP contribution in [0.5, 0.6) is 5.75 Å². The number of fused-ring (bicyclic) bond motifs is 2. The van der Waals surface area contributed by atoms with Gasteiger partial charge in [-0.15, -0.1) is 0 Å². The lowest BCUT2D eigenvalue weighted by molar-refractivity contribution is -0.113. The minimum Gasteiger partial charge on any atom is -0.497 e. The van der Waals surface area contributed by atoms with E-state index in [0.29, 0.717) is 0 Å². The SMILES string of the molecule is COc1ccc(/C=C/C(=O)N2c3ccccc3Sc3ccccc32)cc1. The monoisotopic (exact) mass is 359 g/mol. The highest BCUT2D eigenvalue weighted by atomic mass is 32.2. The Morgan fingerprint density at radius 3 is 2.04 bits per heavy atom. The molecule has 26 heavy (non-hydrogen) atoms. The summed E-state index contributed by atoms with van der Waals surface area (Å²) < 4.78 is 5.17. The minimum absolute atomic E-state index is 0.0685. The van der Waals surface area contributed by atoms with Gasteiger partial charge in [-0.3, -0.25) is 9.69 Å². The smallest absolute Gasteiger partial charge is 0.255 e. The Labute approximate surface area is 156 Å². The molecular weight excluding hydrogens is 342 g/mol. The average Bonchev–Trinajstić information content (AvgIpc) is 2.70. The Kier molecular flexibility index (Phi) is 4.50. The number of hydrogen-bond acceptors (Lipinski definition) is 3. The standard InChI is InChI=1S/C22H17NO2S/c1-25-17-13-10-16(11-14-17)12-15-22(24)23-18-6-2-4-8-20(18)26-21-9-5-3-7-19(21)23/h2-15H,1H3/b15-12+. The summed E-state index contributed by atoms with van der Waals surface area (Å²) in [5.74, 6) is 0.727. The van der Waals surface area contributed by atoms with Crippen molar-refractivity contribution in [3.8, 4) is 5.75 Å². The van der Waals surface area contributed by atoms with Gasteiger partial charge in [-0.05, 0) is 48.0 Å². The largest absolute Gasteiger partial charge is 0.497 e. The zero-order valence-electron chi connectivity index (χ0n) is 14.3. The van der Waals surface area contributed by atoms with Crippen LogP contribution in [0.25, 0.3) is 6.08 Å². The number of carbonyl (C=O) groups is 1. The maximum Gasteiger partial charge on any atom is 0.255 e. The first-order valence-corrected chi connectivity index (χ1v) is 9.10. The Balaban J connectivity index is 1.68. The lowest BCUT2D eigenvalue weighted by atomic mass is 10.2. The molecule has 3 aromatic carbocycles. The summed E-state index contributed by atoms with van der Waals surface area (Å²) in [7, 11) is 1.64. The first-order chi connectivity index (χ1) is 12.8. The molecule has 0 aromatic heterocycles. The number of methoxy groups -OCH3 is 1. The fourth-order valence-electron chi connectivity index (χ4n) is 2.90. The van der Waals surface area contributed by atoms with Gasteiger partial charge >= 0.3 is 0 Å². The normalized spacial score (nSPS) is 12.6. The molecule has 1 heterocycles.